The summed E-state index contributed by atoms with van der Waals surface area (Å²) in [6, 6.07) is 5.25. The SMILES string of the molecule is CCCCc1c(C(=O)OCC)c(=O)[nH]c2ccc(Cl)cc12. The van der Waals surface area contributed by atoms with Crippen LogP contribution < -0.4 is 5.56 Å². The molecule has 0 aliphatic heterocycles. The van der Waals surface area contributed by atoms with Gasteiger partial charge in [-0.05, 0) is 43.5 Å². The van der Waals surface area contributed by atoms with Gasteiger partial charge in [-0.2, -0.15) is 0 Å². The van der Waals surface area contributed by atoms with Crippen LogP contribution in [-0.2, 0) is 11.2 Å². The Labute approximate surface area is 128 Å². The maximum atomic E-state index is 12.2. The van der Waals surface area contributed by atoms with E-state index in [0.717, 1.165) is 23.8 Å². The van der Waals surface area contributed by atoms with Gasteiger partial charge < -0.3 is 9.72 Å². The molecule has 4 nitrogen and oxygen atoms in total. The van der Waals surface area contributed by atoms with Crippen molar-refractivity contribution in [3.8, 4) is 0 Å². The number of aromatic amines is 1. The minimum absolute atomic E-state index is 0.0973. The van der Waals surface area contributed by atoms with E-state index in [9.17, 15) is 9.59 Å². The molecule has 0 amide bonds. The second-order valence-electron chi connectivity index (χ2n) is 4.82. The predicted molar refractivity (Wildman–Crippen MR) is 84.1 cm³/mol. The highest BCUT2D eigenvalue weighted by Gasteiger charge is 2.20. The summed E-state index contributed by atoms with van der Waals surface area (Å²) in [5, 5.41) is 1.38. The molecular weight excluding hydrogens is 290 g/mol. The number of carbonyl (C=O) groups excluding carboxylic acids is 1. The summed E-state index contributed by atoms with van der Waals surface area (Å²) in [6.45, 7) is 4.02. The first-order chi connectivity index (χ1) is 10.1. The van der Waals surface area contributed by atoms with E-state index in [2.05, 4.69) is 11.9 Å². The number of nitrogens with one attached hydrogen (secondary N) is 1. The van der Waals surface area contributed by atoms with Crippen LogP contribution in [0.4, 0.5) is 0 Å². The van der Waals surface area contributed by atoms with Crippen molar-refractivity contribution in [2.24, 2.45) is 0 Å². The Kier molecular flexibility index (Phi) is 5.02. The van der Waals surface area contributed by atoms with Crippen LogP contribution in [0.5, 0.6) is 0 Å². The zero-order chi connectivity index (χ0) is 15.4. The number of esters is 1. The molecular formula is C16H18ClNO3. The van der Waals surface area contributed by atoms with Gasteiger partial charge in [0.1, 0.15) is 5.56 Å². The maximum absolute atomic E-state index is 12.2. The van der Waals surface area contributed by atoms with Crippen molar-refractivity contribution in [3.05, 3.63) is 44.7 Å². The van der Waals surface area contributed by atoms with Crippen LogP contribution in [0.2, 0.25) is 5.02 Å². The lowest BCUT2D eigenvalue weighted by Crippen LogP contribution is -2.23. The third-order valence-corrected chi connectivity index (χ3v) is 3.58. The maximum Gasteiger partial charge on any atom is 0.344 e. The van der Waals surface area contributed by atoms with Crippen molar-refractivity contribution < 1.29 is 9.53 Å². The lowest BCUT2D eigenvalue weighted by molar-refractivity contribution is 0.0523. The number of hydrogen-bond donors (Lipinski definition) is 1. The summed E-state index contributed by atoms with van der Waals surface area (Å²) in [7, 11) is 0. The van der Waals surface area contributed by atoms with Crippen LogP contribution >= 0.6 is 11.6 Å². The molecule has 2 rings (SSSR count). The van der Waals surface area contributed by atoms with Gasteiger partial charge in [-0.25, -0.2) is 4.79 Å². The Balaban J connectivity index is 2.72. The minimum atomic E-state index is -0.577. The van der Waals surface area contributed by atoms with Crippen LogP contribution in [0, 0.1) is 0 Å². The molecule has 1 heterocycles. The van der Waals surface area contributed by atoms with E-state index >= 15 is 0 Å². The van der Waals surface area contributed by atoms with Gasteiger partial charge in [-0.15, -0.1) is 0 Å². The highest BCUT2D eigenvalue weighted by atomic mass is 35.5. The molecule has 0 aliphatic rings. The number of aryl methyl sites for hydroxylation is 1. The van der Waals surface area contributed by atoms with Crippen LogP contribution in [-0.4, -0.2) is 17.6 Å². The molecule has 0 aliphatic carbocycles. The Morgan fingerprint density at radius 1 is 1.33 bits per heavy atom. The van der Waals surface area contributed by atoms with Gasteiger partial charge in [0.15, 0.2) is 0 Å². The van der Waals surface area contributed by atoms with Crippen molar-refractivity contribution in [2.45, 2.75) is 33.1 Å². The molecule has 0 fully saturated rings. The number of carbonyl (C=O) groups is 1. The predicted octanol–water partition coefficient (Wildman–Crippen LogP) is 3.70. The topological polar surface area (TPSA) is 59.2 Å². The van der Waals surface area contributed by atoms with Crippen molar-refractivity contribution in [2.75, 3.05) is 6.61 Å². The van der Waals surface area contributed by atoms with Crippen LogP contribution in [0.25, 0.3) is 10.9 Å². The molecule has 0 saturated heterocycles. The molecule has 1 aromatic carbocycles. The summed E-state index contributed by atoms with van der Waals surface area (Å²) >= 11 is 6.05. The highest BCUT2D eigenvalue weighted by molar-refractivity contribution is 6.31. The second-order valence-corrected chi connectivity index (χ2v) is 5.26. The number of pyridine rings is 1. The number of unbranched alkanes of at least 4 members (excludes halogenated alkanes) is 1. The summed E-state index contributed by atoms with van der Waals surface area (Å²) in [6.07, 6.45) is 2.50. The number of H-pyrrole nitrogens is 1. The lowest BCUT2D eigenvalue weighted by atomic mass is 9.98. The first-order valence-corrected chi connectivity index (χ1v) is 7.47. The van der Waals surface area contributed by atoms with Crippen molar-refractivity contribution in [1.29, 1.82) is 0 Å². The van der Waals surface area contributed by atoms with E-state index in [0.29, 0.717) is 17.0 Å². The van der Waals surface area contributed by atoms with E-state index in [4.69, 9.17) is 16.3 Å². The largest absolute Gasteiger partial charge is 0.462 e. The Morgan fingerprint density at radius 3 is 2.76 bits per heavy atom. The zero-order valence-corrected chi connectivity index (χ0v) is 12.9. The van der Waals surface area contributed by atoms with Crippen molar-refractivity contribution in [3.63, 3.8) is 0 Å². The average molecular weight is 308 g/mol. The monoisotopic (exact) mass is 307 g/mol. The third-order valence-electron chi connectivity index (χ3n) is 3.34. The molecule has 112 valence electrons. The Bertz CT molecular complexity index is 721. The molecule has 2 aromatic rings. The van der Waals surface area contributed by atoms with E-state index in [1.54, 1.807) is 25.1 Å². The lowest BCUT2D eigenvalue weighted by Gasteiger charge is -2.11. The van der Waals surface area contributed by atoms with Gasteiger partial charge >= 0.3 is 5.97 Å². The van der Waals surface area contributed by atoms with Crippen LogP contribution in [0.3, 0.4) is 0 Å². The summed E-state index contributed by atoms with van der Waals surface area (Å²) in [5.74, 6) is -0.577. The van der Waals surface area contributed by atoms with Gasteiger partial charge in [-0.3, -0.25) is 4.79 Å². The first kappa shape index (κ1) is 15.6. The molecule has 1 N–H and O–H groups in total. The number of hydrogen-bond acceptors (Lipinski definition) is 3. The van der Waals surface area contributed by atoms with E-state index < -0.39 is 11.5 Å². The number of rotatable bonds is 5. The van der Waals surface area contributed by atoms with Crippen LogP contribution in [0.1, 0.15) is 42.6 Å². The molecule has 0 radical (unpaired) electrons. The fourth-order valence-corrected chi connectivity index (χ4v) is 2.54. The smallest absolute Gasteiger partial charge is 0.344 e. The second kappa shape index (κ2) is 6.76. The third kappa shape index (κ3) is 3.27. The fourth-order valence-electron chi connectivity index (χ4n) is 2.36. The van der Waals surface area contributed by atoms with Crippen LogP contribution in [0.15, 0.2) is 23.0 Å². The van der Waals surface area contributed by atoms with Crippen molar-refractivity contribution >= 4 is 28.5 Å². The van der Waals surface area contributed by atoms with Crippen molar-refractivity contribution in [1.82, 2.24) is 4.98 Å². The Hall–Kier alpha value is -1.81. The number of fused-ring (bicyclic) bond motifs is 1. The fraction of sp³-hybridized carbons (Fsp3) is 0.375. The van der Waals surface area contributed by atoms with E-state index in [1.165, 1.54) is 0 Å². The molecule has 0 atom stereocenters. The highest BCUT2D eigenvalue weighted by Crippen LogP contribution is 2.24. The molecule has 0 spiro atoms. The molecule has 1 aromatic heterocycles. The number of benzene rings is 1. The van der Waals surface area contributed by atoms with Gasteiger partial charge in [0.05, 0.1) is 6.61 Å². The van der Waals surface area contributed by atoms with Gasteiger partial charge in [0, 0.05) is 15.9 Å². The number of aromatic nitrogens is 1. The van der Waals surface area contributed by atoms with Gasteiger partial charge in [0.25, 0.3) is 5.56 Å². The average Bonchev–Trinajstić information content (AvgIpc) is 2.45. The molecule has 21 heavy (non-hydrogen) atoms. The summed E-state index contributed by atoms with van der Waals surface area (Å²) in [5.41, 5.74) is 1.09. The summed E-state index contributed by atoms with van der Waals surface area (Å²) in [4.78, 5) is 27.1. The van der Waals surface area contributed by atoms with Gasteiger partial charge in [-0.1, -0.05) is 24.9 Å². The Morgan fingerprint density at radius 2 is 2.10 bits per heavy atom. The van der Waals surface area contributed by atoms with E-state index in [-0.39, 0.29) is 12.2 Å². The first-order valence-electron chi connectivity index (χ1n) is 7.10. The summed E-state index contributed by atoms with van der Waals surface area (Å²) < 4.78 is 5.02. The quantitative estimate of drug-likeness (QED) is 0.857. The normalized spacial score (nSPS) is 10.8. The molecule has 0 unspecified atom stereocenters. The van der Waals surface area contributed by atoms with Gasteiger partial charge in [0.2, 0.25) is 0 Å². The standard InChI is InChI=1S/C16H18ClNO3/c1-3-5-6-11-12-9-10(17)7-8-13(12)18-15(19)14(11)16(20)21-4-2/h7-9H,3-6H2,1-2H3,(H,18,19). The molecule has 0 bridgehead atoms. The number of halogens is 1. The number of ether oxygens (including phenoxy) is 1. The minimum Gasteiger partial charge on any atom is -0.462 e. The molecule has 0 saturated carbocycles. The van der Waals surface area contributed by atoms with E-state index in [1.807, 2.05) is 0 Å². The zero-order valence-electron chi connectivity index (χ0n) is 12.2. The molecule has 5 heteroatoms.